The summed E-state index contributed by atoms with van der Waals surface area (Å²) >= 11 is 0. The maximum absolute atomic E-state index is 12.2. The van der Waals surface area contributed by atoms with E-state index in [0.717, 1.165) is 28.2 Å². The lowest BCUT2D eigenvalue weighted by Gasteiger charge is -2.06. The van der Waals surface area contributed by atoms with Gasteiger partial charge in [0.1, 0.15) is 0 Å². The Labute approximate surface area is 123 Å². The van der Waals surface area contributed by atoms with Gasteiger partial charge in [0.25, 0.3) is 5.91 Å². The normalized spacial score (nSPS) is 15.1. The maximum Gasteiger partial charge on any atom is 0.256 e. The summed E-state index contributed by atoms with van der Waals surface area (Å²) in [4.78, 5) is 16.6. The van der Waals surface area contributed by atoms with Crippen LogP contribution >= 0.6 is 0 Å². The molecule has 0 spiro atoms. The van der Waals surface area contributed by atoms with Crippen LogP contribution in [0, 0.1) is 6.92 Å². The van der Waals surface area contributed by atoms with Crippen molar-refractivity contribution in [2.24, 2.45) is 0 Å². The molecule has 0 bridgehead atoms. The molecule has 3 rings (SSSR count). The van der Waals surface area contributed by atoms with Crippen LogP contribution in [0.5, 0.6) is 0 Å². The molecule has 4 nitrogen and oxygen atoms in total. The zero-order valence-corrected chi connectivity index (χ0v) is 11.8. The second-order valence-electron chi connectivity index (χ2n) is 5.03. The number of hydrogen-bond donors (Lipinski definition) is 2. The number of pyridine rings is 1. The molecule has 2 heterocycles. The van der Waals surface area contributed by atoms with E-state index in [2.05, 4.69) is 10.3 Å². The van der Waals surface area contributed by atoms with Crippen LogP contribution in [0.1, 0.15) is 22.5 Å². The highest BCUT2D eigenvalue weighted by Crippen LogP contribution is 2.35. The van der Waals surface area contributed by atoms with Gasteiger partial charge >= 0.3 is 0 Å². The Morgan fingerprint density at radius 3 is 2.81 bits per heavy atom. The summed E-state index contributed by atoms with van der Waals surface area (Å²) in [6.07, 6.45) is 2.33. The van der Waals surface area contributed by atoms with Crippen molar-refractivity contribution in [3.63, 3.8) is 0 Å². The first kappa shape index (κ1) is 13.5. The number of carbonyl (C=O) groups is 1. The van der Waals surface area contributed by atoms with E-state index in [-0.39, 0.29) is 12.5 Å². The number of aromatic nitrogens is 1. The molecule has 2 aromatic rings. The Morgan fingerprint density at radius 2 is 2.05 bits per heavy atom. The molecule has 21 heavy (non-hydrogen) atoms. The number of fused-ring (bicyclic) bond motifs is 1. The van der Waals surface area contributed by atoms with Gasteiger partial charge in [-0.2, -0.15) is 0 Å². The van der Waals surface area contributed by atoms with E-state index in [1.807, 2.05) is 43.3 Å². The van der Waals surface area contributed by atoms with E-state index >= 15 is 0 Å². The van der Waals surface area contributed by atoms with Gasteiger partial charge in [0, 0.05) is 23.6 Å². The summed E-state index contributed by atoms with van der Waals surface area (Å²) in [6, 6.07) is 11.4. The maximum atomic E-state index is 12.2. The molecule has 0 atom stereocenters. The lowest BCUT2D eigenvalue weighted by Crippen LogP contribution is -2.04. The molecule has 106 valence electrons. The van der Waals surface area contributed by atoms with Crippen LogP contribution in [0.4, 0.5) is 5.69 Å². The Bertz CT molecular complexity index is 735. The van der Waals surface area contributed by atoms with Crippen LogP contribution in [-0.4, -0.2) is 22.6 Å². The van der Waals surface area contributed by atoms with Crippen molar-refractivity contribution in [2.45, 2.75) is 13.3 Å². The summed E-state index contributed by atoms with van der Waals surface area (Å²) < 4.78 is 0. The molecular formula is C17H16N2O2. The van der Waals surface area contributed by atoms with E-state index in [0.29, 0.717) is 12.0 Å². The van der Waals surface area contributed by atoms with Crippen LogP contribution in [0.3, 0.4) is 0 Å². The van der Waals surface area contributed by atoms with E-state index in [1.54, 1.807) is 6.08 Å². The molecule has 0 saturated carbocycles. The number of rotatable bonds is 3. The largest absolute Gasteiger partial charge is 0.396 e. The monoisotopic (exact) mass is 280 g/mol. The van der Waals surface area contributed by atoms with Crippen LogP contribution in [0.2, 0.25) is 0 Å². The van der Waals surface area contributed by atoms with Gasteiger partial charge in [-0.3, -0.25) is 9.78 Å². The standard InChI is InChI=1S/C17H16N2O2/c1-11-4-2-6-13(18-11)10-14-16-12(8-9-20)5-3-7-15(16)19-17(14)21/h2-7,10,20H,8-9H2,1H3,(H,19,21). The number of benzene rings is 1. The van der Waals surface area contributed by atoms with Crippen molar-refractivity contribution in [3.05, 3.63) is 58.9 Å². The zero-order chi connectivity index (χ0) is 14.8. The van der Waals surface area contributed by atoms with Crippen molar-refractivity contribution in [1.29, 1.82) is 0 Å². The minimum Gasteiger partial charge on any atom is -0.396 e. The molecule has 0 saturated heterocycles. The summed E-state index contributed by atoms with van der Waals surface area (Å²) in [5.41, 5.74) is 4.91. The Hall–Kier alpha value is -2.46. The first-order valence-corrected chi connectivity index (χ1v) is 6.89. The van der Waals surface area contributed by atoms with Crippen LogP contribution in [0.15, 0.2) is 36.4 Å². The fourth-order valence-corrected chi connectivity index (χ4v) is 2.58. The lowest BCUT2D eigenvalue weighted by molar-refractivity contribution is -0.110. The number of amides is 1. The van der Waals surface area contributed by atoms with E-state index in [4.69, 9.17) is 0 Å². The van der Waals surface area contributed by atoms with Crippen molar-refractivity contribution in [1.82, 2.24) is 4.98 Å². The van der Waals surface area contributed by atoms with Crippen LogP contribution in [-0.2, 0) is 11.2 Å². The average Bonchev–Trinajstić information content (AvgIpc) is 2.77. The number of aliphatic hydroxyl groups excluding tert-OH is 1. The predicted molar refractivity (Wildman–Crippen MR) is 82.7 cm³/mol. The Balaban J connectivity index is 2.11. The van der Waals surface area contributed by atoms with Crippen molar-refractivity contribution in [3.8, 4) is 0 Å². The molecule has 1 aliphatic heterocycles. The van der Waals surface area contributed by atoms with Crippen molar-refractivity contribution >= 4 is 23.2 Å². The van der Waals surface area contributed by atoms with Gasteiger partial charge in [0.15, 0.2) is 0 Å². The first-order chi connectivity index (χ1) is 10.2. The highest BCUT2D eigenvalue weighted by Gasteiger charge is 2.26. The quantitative estimate of drug-likeness (QED) is 0.849. The average molecular weight is 280 g/mol. The van der Waals surface area contributed by atoms with E-state index < -0.39 is 0 Å². The number of nitrogens with zero attached hydrogens (tertiary/aromatic N) is 1. The fraction of sp³-hybridized carbons (Fsp3) is 0.176. The molecule has 0 aliphatic carbocycles. The van der Waals surface area contributed by atoms with Gasteiger partial charge in [0.05, 0.1) is 11.3 Å². The molecular weight excluding hydrogens is 264 g/mol. The highest BCUT2D eigenvalue weighted by molar-refractivity contribution is 6.35. The Morgan fingerprint density at radius 1 is 1.24 bits per heavy atom. The summed E-state index contributed by atoms with van der Waals surface area (Å²) in [5, 5.41) is 12.1. The molecule has 0 fully saturated rings. The van der Waals surface area contributed by atoms with Gasteiger partial charge in [-0.1, -0.05) is 18.2 Å². The molecule has 1 aliphatic rings. The van der Waals surface area contributed by atoms with Gasteiger partial charge in [-0.25, -0.2) is 0 Å². The number of hydrogen-bond acceptors (Lipinski definition) is 3. The summed E-state index contributed by atoms with van der Waals surface area (Å²) in [5.74, 6) is -0.126. The minimum absolute atomic E-state index is 0.0562. The van der Waals surface area contributed by atoms with Gasteiger partial charge in [-0.15, -0.1) is 0 Å². The zero-order valence-electron chi connectivity index (χ0n) is 11.8. The van der Waals surface area contributed by atoms with Crippen LogP contribution in [0.25, 0.3) is 11.6 Å². The number of carbonyl (C=O) groups excluding carboxylic acids is 1. The SMILES string of the molecule is Cc1cccc(C=C2C(=O)Nc3cccc(CCO)c32)n1. The lowest BCUT2D eigenvalue weighted by atomic mass is 9.97. The minimum atomic E-state index is -0.126. The third-order valence-electron chi connectivity index (χ3n) is 3.50. The number of aryl methyl sites for hydroxylation is 1. The van der Waals surface area contributed by atoms with Gasteiger partial charge in [-0.05, 0) is 43.2 Å². The van der Waals surface area contributed by atoms with Crippen molar-refractivity contribution < 1.29 is 9.90 Å². The first-order valence-electron chi connectivity index (χ1n) is 6.89. The van der Waals surface area contributed by atoms with E-state index in [9.17, 15) is 9.90 Å². The number of anilines is 1. The summed E-state index contributed by atoms with van der Waals surface area (Å²) in [7, 11) is 0. The Kier molecular flexibility index (Phi) is 3.54. The third kappa shape index (κ3) is 2.58. The fourth-order valence-electron chi connectivity index (χ4n) is 2.58. The van der Waals surface area contributed by atoms with Crippen LogP contribution < -0.4 is 5.32 Å². The summed E-state index contributed by atoms with van der Waals surface area (Å²) in [6.45, 7) is 1.97. The predicted octanol–water partition coefficient (Wildman–Crippen LogP) is 2.42. The molecule has 1 amide bonds. The third-order valence-corrected chi connectivity index (χ3v) is 3.50. The van der Waals surface area contributed by atoms with Gasteiger partial charge < -0.3 is 10.4 Å². The highest BCUT2D eigenvalue weighted by atomic mass is 16.3. The molecule has 2 N–H and O–H groups in total. The second-order valence-corrected chi connectivity index (χ2v) is 5.03. The molecule has 0 radical (unpaired) electrons. The smallest absolute Gasteiger partial charge is 0.256 e. The van der Waals surface area contributed by atoms with Gasteiger partial charge in [0.2, 0.25) is 0 Å². The number of nitrogens with one attached hydrogen (secondary N) is 1. The van der Waals surface area contributed by atoms with E-state index in [1.165, 1.54) is 0 Å². The molecule has 1 aromatic carbocycles. The van der Waals surface area contributed by atoms with Crippen molar-refractivity contribution in [2.75, 3.05) is 11.9 Å². The number of aliphatic hydroxyl groups is 1. The topological polar surface area (TPSA) is 62.2 Å². The molecule has 1 aromatic heterocycles. The second kappa shape index (κ2) is 5.50. The molecule has 0 unspecified atom stereocenters. The molecule has 4 heteroatoms.